The van der Waals surface area contributed by atoms with E-state index < -0.39 is 0 Å². The van der Waals surface area contributed by atoms with Gasteiger partial charge in [-0.25, -0.2) is 0 Å². The Morgan fingerprint density at radius 1 is 1.36 bits per heavy atom. The van der Waals surface area contributed by atoms with E-state index in [4.69, 9.17) is 5.73 Å². The van der Waals surface area contributed by atoms with Gasteiger partial charge in [0.2, 0.25) is 0 Å². The van der Waals surface area contributed by atoms with Crippen molar-refractivity contribution in [3.05, 3.63) is 11.6 Å². The molecule has 0 aromatic heterocycles. The number of rotatable bonds is 0. The highest BCUT2D eigenvalue weighted by atomic mass is 14.7. The molecule has 2 aliphatic rings. The van der Waals surface area contributed by atoms with Crippen LogP contribution >= 0.6 is 0 Å². The van der Waals surface area contributed by atoms with Gasteiger partial charge in [0.25, 0.3) is 0 Å². The van der Waals surface area contributed by atoms with Crippen LogP contribution in [0.3, 0.4) is 0 Å². The normalized spacial score (nSPS) is 37.7. The molecule has 1 saturated carbocycles. The van der Waals surface area contributed by atoms with Crippen LogP contribution in [-0.4, -0.2) is 6.04 Å². The van der Waals surface area contributed by atoms with Crippen LogP contribution in [-0.2, 0) is 0 Å². The van der Waals surface area contributed by atoms with Crippen LogP contribution in [0.5, 0.6) is 0 Å². The summed E-state index contributed by atoms with van der Waals surface area (Å²) in [5.74, 6) is 0.797. The van der Waals surface area contributed by atoms with Gasteiger partial charge in [0.15, 0.2) is 0 Å². The molecule has 0 aromatic rings. The van der Waals surface area contributed by atoms with Gasteiger partial charge in [-0.05, 0) is 38.0 Å². The number of allylic oxidation sites excluding steroid dienone is 2. The van der Waals surface area contributed by atoms with Crippen LogP contribution in [0.25, 0.3) is 0 Å². The number of hydrogen-bond acceptors (Lipinski definition) is 1. The average molecular weight is 151 g/mol. The van der Waals surface area contributed by atoms with Crippen molar-refractivity contribution >= 4 is 0 Å². The Morgan fingerprint density at radius 3 is 3.18 bits per heavy atom. The van der Waals surface area contributed by atoms with Gasteiger partial charge in [0.05, 0.1) is 0 Å². The Morgan fingerprint density at radius 2 is 2.27 bits per heavy atom. The lowest BCUT2D eigenvalue weighted by Crippen LogP contribution is -2.29. The van der Waals surface area contributed by atoms with Crippen molar-refractivity contribution < 1.29 is 0 Å². The van der Waals surface area contributed by atoms with Gasteiger partial charge in [-0.3, -0.25) is 0 Å². The van der Waals surface area contributed by atoms with Crippen molar-refractivity contribution in [1.29, 1.82) is 0 Å². The van der Waals surface area contributed by atoms with Gasteiger partial charge < -0.3 is 5.73 Å². The summed E-state index contributed by atoms with van der Waals surface area (Å²) >= 11 is 0. The van der Waals surface area contributed by atoms with E-state index in [0.717, 1.165) is 5.92 Å². The molecule has 0 radical (unpaired) electrons. The van der Waals surface area contributed by atoms with Gasteiger partial charge in [-0.15, -0.1) is 0 Å². The molecule has 0 amide bonds. The number of fused-ring (bicyclic) bond motifs is 2. The maximum absolute atomic E-state index is 6.05. The smallest absolute Gasteiger partial charge is 0.00731 e. The summed E-state index contributed by atoms with van der Waals surface area (Å²) < 4.78 is 0. The van der Waals surface area contributed by atoms with Gasteiger partial charge in [0.1, 0.15) is 0 Å². The molecule has 11 heavy (non-hydrogen) atoms. The molecule has 2 bridgehead atoms. The first-order chi connectivity index (χ1) is 5.36. The van der Waals surface area contributed by atoms with Gasteiger partial charge in [-0.1, -0.05) is 18.1 Å². The van der Waals surface area contributed by atoms with Crippen molar-refractivity contribution in [1.82, 2.24) is 0 Å². The van der Waals surface area contributed by atoms with E-state index >= 15 is 0 Å². The molecule has 1 nitrogen and oxygen atoms in total. The largest absolute Gasteiger partial charge is 0.327 e. The molecule has 0 heterocycles. The average Bonchev–Trinajstić information content (AvgIpc) is 2.44. The third kappa shape index (κ3) is 1.48. The zero-order valence-electron chi connectivity index (χ0n) is 7.05. The van der Waals surface area contributed by atoms with E-state index in [1.54, 1.807) is 5.57 Å². The van der Waals surface area contributed by atoms with Crippen LogP contribution in [0, 0.1) is 5.92 Å². The summed E-state index contributed by atoms with van der Waals surface area (Å²) in [6.45, 7) is 0. The molecule has 2 unspecified atom stereocenters. The Hall–Kier alpha value is -0.300. The molecular weight excluding hydrogens is 134 g/mol. The second-order valence-corrected chi connectivity index (χ2v) is 3.97. The summed E-state index contributed by atoms with van der Waals surface area (Å²) in [4.78, 5) is 0. The number of nitrogens with two attached hydrogens (primary N) is 1. The van der Waals surface area contributed by atoms with Gasteiger partial charge in [-0.2, -0.15) is 0 Å². The first-order valence-electron chi connectivity index (χ1n) is 4.80. The molecule has 0 spiro atoms. The van der Waals surface area contributed by atoms with E-state index in [9.17, 15) is 0 Å². The lowest BCUT2D eigenvalue weighted by atomic mass is 9.89. The van der Waals surface area contributed by atoms with Crippen LogP contribution in [0.4, 0.5) is 0 Å². The summed E-state index contributed by atoms with van der Waals surface area (Å²) in [6, 6.07) is 0.490. The fourth-order valence-corrected chi connectivity index (χ4v) is 2.32. The quantitative estimate of drug-likeness (QED) is 0.528. The highest BCUT2D eigenvalue weighted by molar-refractivity contribution is 5.12. The van der Waals surface area contributed by atoms with Gasteiger partial charge in [0, 0.05) is 6.04 Å². The van der Waals surface area contributed by atoms with E-state index in [-0.39, 0.29) is 0 Å². The van der Waals surface area contributed by atoms with Crippen LogP contribution in [0.1, 0.15) is 38.5 Å². The zero-order valence-corrected chi connectivity index (χ0v) is 7.05. The fourth-order valence-electron chi connectivity index (χ4n) is 2.32. The van der Waals surface area contributed by atoms with E-state index in [2.05, 4.69) is 6.08 Å². The van der Waals surface area contributed by atoms with Crippen molar-refractivity contribution in [2.24, 2.45) is 11.7 Å². The Bertz CT molecular complexity index is 172. The second kappa shape index (κ2) is 2.98. The third-order valence-electron chi connectivity index (χ3n) is 3.12. The van der Waals surface area contributed by atoms with E-state index in [1.165, 1.54) is 38.5 Å². The zero-order chi connectivity index (χ0) is 7.68. The van der Waals surface area contributed by atoms with Crippen molar-refractivity contribution in [3.8, 4) is 0 Å². The Labute approximate surface area is 68.7 Å². The Kier molecular flexibility index (Phi) is 1.99. The molecule has 1 fully saturated rings. The van der Waals surface area contributed by atoms with Crippen LogP contribution in [0.2, 0.25) is 0 Å². The molecule has 0 saturated heterocycles. The first-order valence-corrected chi connectivity index (χ1v) is 4.80. The monoisotopic (exact) mass is 151 g/mol. The van der Waals surface area contributed by atoms with Crippen molar-refractivity contribution in [2.45, 2.75) is 44.6 Å². The highest BCUT2D eigenvalue weighted by Crippen LogP contribution is 2.33. The SMILES string of the molecule is NC1CCCCC2=CCC1C2. The predicted molar refractivity (Wildman–Crippen MR) is 47.3 cm³/mol. The van der Waals surface area contributed by atoms with E-state index in [0.29, 0.717) is 6.04 Å². The standard InChI is InChI=1S/C10H17N/c11-10-4-2-1-3-8-5-6-9(10)7-8/h5,9-10H,1-4,6-7,11H2. The summed E-state index contributed by atoms with van der Waals surface area (Å²) in [5, 5.41) is 0. The summed E-state index contributed by atoms with van der Waals surface area (Å²) in [7, 11) is 0. The number of hydrogen-bond donors (Lipinski definition) is 1. The molecule has 2 aliphatic carbocycles. The van der Waals surface area contributed by atoms with Gasteiger partial charge >= 0.3 is 0 Å². The minimum Gasteiger partial charge on any atom is -0.327 e. The maximum atomic E-state index is 6.05. The lowest BCUT2D eigenvalue weighted by Gasteiger charge is -2.21. The molecule has 62 valence electrons. The summed E-state index contributed by atoms with van der Waals surface area (Å²) in [6.07, 6.45) is 10.3. The predicted octanol–water partition coefficient (Wildman–Crippen LogP) is 2.22. The molecule has 2 rings (SSSR count). The molecule has 2 atom stereocenters. The highest BCUT2D eigenvalue weighted by Gasteiger charge is 2.24. The van der Waals surface area contributed by atoms with Crippen molar-refractivity contribution in [3.63, 3.8) is 0 Å². The first kappa shape index (κ1) is 7.35. The Balaban J connectivity index is 2.04. The second-order valence-electron chi connectivity index (χ2n) is 3.97. The molecule has 2 N–H and O–H groups in total. The minimum atomic E-state index is 0.490. The molecule has 1 heteroatoms. The summed E-state index contributed by atoms with van der Waals surface area (Å²) in [5.41, 5.74) is 7.74. The fraction of sp³-hybridized carbons (Fsp3) is 0.800. The molecule has 0 aromatic carbocycles. The lowest BCUT2D eigenvalue weighted by molar-refractivity contribution is 0.389. The maximum Gasteiger partial charge on any atom is 0.00731 e. The van der Waals surface area contributed by atoms with Crippen LogP contribution < -0.4 is 5.73 Å². The minimum absolute atomic E-state index is 0.490. The van der Waals surface area contributed by atoms with Crippen molar-refractivity contribution in [2.75, 3.05) is 0 Å². The topological polar surface area (TPSA) is 26.0 Å². The molecular formula is C10H17N. The molecule has 0 aliphatic heterocycles. The van der Waals surface area contributed by atoms with E-state index in [1.807, 2.05) is 0 Å². The van der Waals surface area contributed by atoms with Crippen LogP contribution in [0.15, 0.2) is 11.6 Å². The third-order valence-corrected chi connectivity index (χ3v) is 3.12.